The molecule has 17 heavy (non-hydrogen) atoms. The molecule has 0 aromatic carbocycles. The molecule has 0 saturated heterocycles. The fourth-order valence-corrected chi connectivity index (χ4v) is 1.62. The zero-order valence-corrected chi connectivity index (χ0v) is 10.9. The van der Waals surface area contributed by atoms with Gasteiger partial charge in [0.2, 0.25) is 0 Å². The number of aromatic nitrogens is 1. The van der Waals surface area contributed by atoms with E-state index in [9.17, 15) is 0 Å². The van der Waals surface area contributed by atoms with Gasteiger partial charge in [-0.2, -0.15) is 0 Å². The quantitative estimate of drug-likeness (QED) is 0.528. The zero-order valence-electron chi connectivity index (χ0n) is 10.9. The van der Waals surface area contributed by atoms with E-state index in [1.807, 2.05) is 12.1 Å². The van der Waals surface area contributed by atoms with Crippen molar-refractivity contribution in [3.8, 4) is 0 Å². The van der Waals surface area contributed by atoms with Gasteiger partial charge in [-0.15, -0.1) is 6.58 Å². The summed E-state index contributed by atoms with van der Waals surface area (Å²) in [5.74, 6) is 0.930. The fraction of sp³-hybridized carbons (Fsp3) is 0.615. The molecule has 1 aromatic heterocycles. The van der Waals surface area contributed by atoms with Crippen LogP contribution in [-0.2, 0) is 13.1 Å². The summed E-state index contributed by atoms with van der Waals surface area (Å²) in [6, 6.07) is 2.02. The van der Waals surface area contributed by atoms with E-state index < -0.39 is 0 Å². The first kappa shape index (κ1) is 13.9. The Morgan fingerprint density at radius 1 is 1.59 bits per heavy atom. The molecule has 0 amide bonds. The summed E-state index contributed by atoms with van der Waals surface area (Å²) in [4.78, 5) is 2.24. The van der Waals surface area contributed by atoms with Gasteiger partial charge in [0.05, 0.1) is 12.2 Å². The summed E-state index contributed by atoms with van der Waals surface area (Å²) in [7, 11) is 2.09. The molecule has 0 unspecified atom stereocenters. The van der Waals surface area contributed by atoms with Crippen LogP contribution in [0.1, 0.15) is 31.2 Å². The Balaban J connectivity index is 2.29. The van der Waals surface area contributed by atoms with E-state index in [0.717, 1.165) is 50.5 Å². The van der Waals surface area contributed by atoms with Gasteiger partial charge in [-0.05, 0) is 33.0 Å². The molecular weight excluding hydrogens is 214 g/mol. The Bertz CT molecular complexity index is 322. The normalized spacial score (nSPS) is 11.0. The molecule has 0 fully saturated rings. The van der Waals surface area contributed by atoms with E-state index in [4.69, 9.17) is 4.52 Å². The lowest BCUT2D eigenvalue weighted by atomic mass is 10.3. The average molecular weight is 237 g/mol. The van der Waals surface area contributed by atoms with Gasteiger partial charge in [0.1, 0.15) is 0 Å². The van der Waals surface area contributed by atoms with Crippen LogP contribution in [0.15, 0.2) is 23.2 Å². The summed E-state index contributed by atoms with van der Waals surface area (Å²) >= 11 is 0. The van der Waals surface area contributed by atoms with E-state index in [-0.39, 0.29) is 0 Å². The molecule has 0 saturated carbocycles. The van der Waals surface area contributed by atoms with E-state index in [1.54, 1.807) is 0 Å². The molecular formula is C13H23N3O. The summed E-state index contributed by atoms with van der Waals surface area (Å²) in [6.45, 7) is 9.39. The standard InChI is InChI=1S/C13H23N3O/c1-4-6-7-8-16(3)11-13-9-12(15-17-13)10-14-5-2/h4,9,14H,1,5-8,10-11H2,2-3H3. The Morgan fingerprint density at radius 2 is 2.41 bits per heavy atom. The lowest BCUT2D eigenvalue weighted by Gasteiger charge is -2.13. The van der Waals surface area contributed by atoms with Gasteiger partial charge in [-0.1, -0.05) is 18.2 Å². The van der Waals surface area contributed by atoms with Gasteiger partial charge < -0.3 is 9.84 Å². The highest BCUT2D eigenvalue weighted by atomic mass is 16.5. The fourth-order valence-electron chi connectivity index (χ4n) is 1.62. The number of unbranched alkanes of at least 4 members (excludes halogenated alkanes) is 1. The second-order valence-corrected chi connectivity index (χ2v) is 4.23. The molecule has 0 aliphatic carbocycles. The third-order valence-corrected chi connectivity index (χ3v) is 2.54. The van der Waals surface area contributed by atoms with Gasteiger partial charge in [0, 0.05) is 12.6 Å². The maximum atomic E-state index is 5.29. The van der Waals surface area contributed by atoms with Crippen LogP contribution in [0.2, 0.25) is 0 Å². The highest BCUT2D eigenvalue weighted by molar-refractivity contribution is 5.04. The van der Waals surface area contributed by atoms with E-state index in [0.29, 0.717) is 0 Å². The van der Waals surface area contributed by atoms with Crippen LogP contribution in [-0.4, -0.2) is 30.2 Å². The Kier molecular flexibility index (Phi) is 6.58. The molecule has 0 radical (unpaired) electrons. The molecule has 1 N–H and O–H groups in total. The smallest absolute Gasteiger partial charge is 0.151 e. The number of rotatable bonds is 9. The Hall–Kier alpha value is -1.13. The minimum atomic E-state index is 0.778. The molecule has 0 aliphatic rings. The minimum Gasteiger partial charge on any atom is -0.360 e. The van der Waals surface area contributed by atoms with Crippen molar-refractivity contribution in [1.29, 1.82) is 0 Å². The molecule has 96 valence electrons. The largest absolute Gasteiger partial charge is 0.360 e. The average Bonchev–Trinajstić information content (AvgIpc) is 2.74. The molecule has 1 rings (SSSR count). The third-order valence-electron chi connectivity index (χ3n) is 2.54. The predicted octanol–water partition coefficient (Wildman–Crippen LogP) is 2.18. The topological polar surface area (TPSA) is 41.3 Å². The van der Waals surface area contributed by atoms with Gasteiger partial charge in [0.15, 0.2) is 5.76 Å². The van der Waals surface area contributed by atoms with Crippen molar-refractivity contribution in [2.24, 2.45) is 0 Å². The first-order valence-corrected chi connectivity index (χ1v) is 6.21. The van der Waals surface area contributed by atoms with Crippen molar-refractivity contribution in [3.05, 3.63) is 30.2 Å². The Labute approximate surface area is 104 Å². The van der Waals surface area contributed by atoms with Gasteiger partial charge in [-0.25, -0.2) is 0 Å². The summed E-state index contributed by atoms with van der Waals surface area (Å²) < 4.78 is 5.29. The molecule has 4 nitrogen and oxygen atoms in total. The van der Waals surface area contributed by atoms with Crippen molar-refractivity contribution in [2.45, 2.75) is 32.9 Å². The van der Waals surface area contributed by atoms with Crippen molar-refractivity contribution in [1.82, 2.24) is 15.4 Å². The van der Waals surface area contributed by atoms with E-state index in [1.165, 1.54) is 0 Å². The monoisotopic (exact) mass is 237 g/mol. The van der Waals surface area contributed by atoms with E-state index >= 15 is 0 Å². The van der Waals surface area contributed by atoms with Crippen LogP contribution >= 0.6 is 0 Å². The van der Waals surface area contributed by atoms with Crippen molar-refractivity contribution < 1.29 is 4.52 Å². The zero-order chi connectivity index (χ0) is 12.5. The summed E-state index contributed by atoms with van der Waals surface area (Å²) in [6.07, 6.45) is 4.15. The number of hydrogen-bond donors (Lipinski definition) is 1. The molecule has 0 bridgehead atoms. The first-order chi connectivity index (χ1) is 8.26. The van der Waals surface area contributed by atoms with E-state index in [2.05, 4.69) is 35.9 Å². The van der Waals surface area contributed by atoms with Crippen molar-refractivity contribution in [2.75, 3.05) is 20.1 Å². The highest BCUT2D eigenvalue weighted by Crippen LogP contribution is 2.07. The number of nitrogens with zero attached hydrogens (tertiary/aromatic N) is 2. The van der Waals surface area contributed by atoms with Crippen LogP contribution in [0.4, 0.5) is 0 Å². The molecule has 0 atom stereocenters. The molecule has 4 heteroatoms. The van der Waals surface area contributed by atoms with Crippen LogP contribution in [0.5, 0.6) is 0 Å². The third kappa shape index (κ3) is 5.65. The predicted molar refractivity (Wildman–Crippen MR) is 69.6 cm³/mol. The van der Waals surface area contributed by atoms with Crippen LogP contribution in [0.25, 0.3) is 0 Å². The molecule has 0 spiro atoms. The number of allylic oxidation sites excluding steroid dienone is 1. The summed E-state index contributed by atoms with van der Waals surface area (Å²) in [5, 5.41) is 7.25. The SMILES string of the molecule is C=CCCCN(C)Cc1cc(CNCC)no1. The lowest BCUT2D eigenvalue weighted by molar-refractivity contribution is 0.269. The summed E-state index contributed by atoms with van der Waals surface area (Å²) in [5.41, 5.74) is 0.973. The number of nitrogens with one attached hydrogen (secondary N) is 1. The maximum absolute atomic E-state index is 5.29. The second kappa shape index (κ2) is 8.03. The molecule has 0 aliphatic heterocycles. The first-order valence-electron chi connectivity index (χ1n) is 6.21. The maximum Gasteiger partial charge on any atom is 0.151 e. The van der Waals surface area contributed by atoms with Crippen LogP contribution in [0.3, 0.4) is 0 Å². The van der Waals surface area contributed by atoms with Gasteiger partial charge in [0.25, 0.3) is 0 Å². The van der Waals surface area contributed by atoms with Gasteiger partial charge >= 0.3 is 0 Å². The van der Waals surface area contributed by atoms with Gasteiger partial charge in [-0.3, -0.25) is 4.90 Å². The lowest BCUT2D eigenvalue weighted by Crippen LogP contribution is -2.18. The molecule has 1 heterocycles. The van der Waals surface area contributed by atoms with Crippen LogP contribution < -0.4 is 5.32 Å². The van der Waals surface area contributed by atoms with Crippen molar-refractivity contribution in [3.63, 3.8) is 0 Å². The second-order valence-electron chi connectivity index (χ2n) is 4.23. The number of hydrogen-bond acceptors (Lipinski definition) is 4. The highest BCUT2D eigenvalue weighted by Gasteiger charge is 2.06. The molecule has 1 aromatic rings. The Morgan fingerprint density at radius 3 is 3.12 bits per heavy atom. The minimum absolute atomic E-state index is 0.778. The van der Waals surface area contributed by atoms with Crippen LogP contribution in [0, 0.1) is 0 Å². The van der Waals surface area contributed by atoms with Crippen molar-refractivity contribution >= 4 is 0 Å².